The molecule has 3 aromatic rings. The highest BCUT2D eigenvalue weighted by molar-refractivity contribution is 7.92. The second-order valence-electron chi connectivity index (χ2n) is 10.7. The van der Waals surface area contributed by atoms with Crippen LogP contribution in [0.5, 0.6) is 17.2 Å². The zero-order chi connectivity index (χ0) is 30.4. The van der Waals surface area contributed by atoms with Gasteiger partial charge in [0.1, 0.15) is 31.5 Å². The number of carbonyl (C=O) groups excluding carboxylic acids is 2. The lowest BCUT2D eigenvalue weighted by atomic mass is 10.1. The van der Waals surface area contributed by atoms with E-state index in [-0.39, 0.29) is 29.1 Å². The number of nitrogens with one attached hydrogen (secondary N) is 1. The Morgan fingerprint density at radius 3 is 2.30 bits per heavy atom. The van der Waals surface area contributed by atoms with Crippen LogP contribution >= 0.6 is 0 Å². The van der Waals surface area contributed by atoms with Crippen LogP contribution in [0.15, 0.2) is 77.7 Å². The summed E-state index contributed by atoms with van der Waals surface area (Å²) in [6, 6.07) is 19.1. The standard InChI is InChI=1S/C32H37N3O7S/c1-23(32(37)33-25-8-6-7-9-25)34(21-24-12-15-27(40-2)16-13-24)31(36)22-35(43(38,39)28-10-4-3-5-11-28)26-14-17-29-30(20-26)42-19-18-41-29/h3-5,10-17,20,23,25H,6-9,18-19,21-22H2,1-2H3,(H,33,37). The first kappa shape index (κ1) is 30.2. The lowest BCUT2D eigenvalue weighted by Gasteiger charge is -2.32. The summed E-state index contributed by atoms with van der Waals surface area (Å²) in [7, 11) is -2.61. The SMILES string of the molecule is COc1ccc(CN(C(=O)CN(c2ccc3c(c2)OCCO3)S(=O)(=O)c2ccccc2)C(C)C(=O)NC2CCCC2)cc1. The maximum atomic E-state index is 14.2. The van der Waals surface area contributed by atoms with E-state index >= 15 is 0 Å². The van der Waals surface area contributed by atoms with Gasteiger partial charge in [-0.15, -0.1) is 0 Å². The van der Waals surface area contributed by atoms with E-state index in [0.29, 0.717) is 30.5 Å². The maximum absolute atomic E-state index is 14.2. The topological polar surface area (TPSA) is 114 Å². The Balaban J connectivity index is 1.48. The van der Waals surface area contributed by atoms with E-state index < -0.39 is 28.5 Å². The highest BCUT2D eigenvalue weighted by atomic mass is 32.2. The fourth-order valence-electron chi connectivity index (χ4n) is 5.34. The molecular weight excluding hydrogens is 570 g/mol. The molecule has 1 N–H and O–H groups in total. The van der Waals surface area contributed by atoms with E-state index in [0.717, 1.165) is 35.6 Å². The Morgan fingerprint density at radius 1 is 0.953 bits per heavy atom. The van der Waals surface area contributed by atoms with Gasteiger partial charge in [-0.05, 0) is 61.7 Å². The van der Waals surface area contributed by atoms with Crippen molar-refractivity contribution in [3.05, 3.63) is 78.4 Å². The molecule has 1 aliphatic heterocycles. The second-order valence-corrected chi connectivity index (χ2v) is 12.6. The van der Waals surface area contributed by atoms with Crippen LogP contribution in [0.1, 0.15) is 38.2 Å². The van der Waals surface area contributed by atoms with Crippen molar-refractivity contribution in [1.29, 1.82) is 0 Å². The molecule has 2 amide bonds. The number of hydrogen-bond acceptors (Lipinski definition) is 7. The van der Waals surface area contributed by atoms with Gasteiger partial charge in [0.2, 0.25) is 11.8 Å². The highest BCUT2D eigenvalue weighted by Crippen LogP contribution is 2.36. The molecule has 0 bridgehead atoms. The Kier molecular flexibility index (Phi) is 9.40. The Hall–Kier alpha value is -4.25. The number of nitrogens with zero attached hydrogens (tertiary/aromatic N) is 2. The van der Waals surface area contributed by atoms with E-state index in [2.05, 4.69) is 5.32 Å². The van der Waals surface area contributed by atoms with Gasteiger partial charge in [-0.2, -0.15) is 0 Å². The zero-order valence-electron chi connectivity index (χ0n) is 24.4. The maximum Gasteiger partial charge on any atom is 0.264 e. The summed E-state index contributed by atoms with van der Waals surface area (Å²) in [4.78, 5) is 29.0. The summed E-state index contributed by atoms with van der Waals surface area (Å²) in [5.41, 5.74) is 1.01. The molecule has 5 rings (SSSR count). The predicted octanol–water partition coefficient (Wildman–Crippen LogP) is 4.14. The fraction of sp³-hybridized carbons (Fsp3) is 0.375. The minimum absolute atomic E-state index is 0.0337. The van der Waals surface area contributed by atoms with Crippen molar-refractivity contribution in [2.24, 2.45) is 0 Å². The zero-order valence-corrected chi connectivity index (χ0v) is 25.2. The van der Waals surface area contributed by atoms with Gasteiger partial charge in [-0.3, -0.25) is 13.9 Å². The number of anilines is 1. The van der Waals surface area contributed by atoms with E-state index in [4.69, 9.17) is 14.2 Å². The number of fused-ring (bicyclic) bond motifs is 1. The van der Waals surface area contributed by atoms with Gasteiger partial charge < -0.3 is 24.4 Å². The average Bonchev–Trinajstić information content (AvgIpc) is 3.55. The first-order chi connectivity index (χ1) is 20.8. The number of hydrogen-bond donors (Lipinski definition) is 1. The highest BCUT2D eigenvalue weighted by Gasteiger charge is 2.34. The minimum Gasteiger partial charge on any atom is -0.497 e. The molecule has 1 saturated carbocycles. The number of rotatable bonds is 11. The molecule has 10 nitrogen and oxygen atoms in total. The third kappa shape index (κ3) is 7.05. The summed E-state index contributed by atoms with van der Waals surface area (Å²) in [5.74, 6) is 0.748. The van der Waals surface area contributed by atoms with Crippen LogP contribution in [0.25, 0.3) is 0 Å². The number of sulfonamides is 1. The van der Waals surface area contributed by atoms with Crippen LogP contribution < -0.4 is 23.8 Å². The van der Waals surface area contributed by atoms with Crippen LogP contribution in [0.4, 0.5) is 5.69 Å². The van der Waals surface area contributed by atoms with Crippen LogP contribution in [-0.2, 0) is 26.2 Å². The van der Waals surface area contributed by atoms with E-state index in [1.807, 2.05) is 12.1 Å². The monoisotopic (exact) mass is 607 g/mol. The number of amides is 2. The second kappa shape index (κ2) is 13.4. The molecule has 11 heteroatoms. The molecule has 43 heavy (non-hydrogen) atoms. The molecule has 0 radical (unpaired) electrons. The Morgan fingerprint density at radius 2 is 1.63 bits per heavy atom. The predicted molar refractivity (Wildman–Crippen MR) is 162 cm³/mol. The quantitative estimate of drug-likeness (QED) is 0.349. The van der Waals surface area contributed by atoms with Crippen LogP contribution in [0.3, 0.4) is 0 Å². The number of carbonyl (C=O) groups is 2. The largest absolute Gasteiger partial charge is 0.497 e. The molecule has 228 valence electrons. The summed E-state index contributed by atoms with van der Waals surface area (Å²) < 4.78 is 45.7. The molecule has 3 aromatic carbocycles. The van der Waals surface area contributed by atoms with Crippen molar-refractivity contribution in [3.8, 4) is 17.2 Å². The van der Waals surface area contributed by atoms with Gasteiger partial charge in [0.15, 0.2) is 11.5 Å². The first-order valence-electron chi connectivity index (χ1n) is 14.5. The number of methoxy groups -OCH3 is 1. The molecule has 2 aliphatic rings. The van der Waals surface area contributed by atoms with Crippen molar-refractivity contribution in [1.82, 2.24) is 10.2 Å². The van der Waals surface area contributed by atoms with E-state index in [9.17, 15) is 18.0 Å². The third-order valence-corrected chi connectivity index (χ3v) is 9.59. The molecule has 1 aliphatic carbocycles. The van der Waals surface area contributed by atoms with Crippen molar-refractivity contribution >= 4 is 27.5 Å². The van der Waals surface area contributed by atoms with Crippen LogP contribution in [-0.4, -0.2) is 64.1 Å². The Bertz CT molecular complexity index is 1520. The van der Waals surface area contributed by atoms with Gasteiger partial charge >= 0.3 is 0 Å². The Labute approximate surface area is 252 Å². The smallest absolute Gasteiger partial charge is 0.264 e. The average molecular weight is 608 g/mol. The van der Waals surface area contributed by atoms with Crippen LogP contribution in [0.2, 0.25) is 0 Å². The van der Waals surface area contributed by atoms with E-state index in [1.54, 1.807) is 62.6 Å². The van der Waals surface area contributed by atoms with Crippen molar-refractivity contribution in [2.75, 3.05) is 31.2 Å². The molecule has 0 saturated heterocycles. The normalized spacial score (nSPS) is 15.4. The molecular formula is C32H37N3O7S. The summed E-state index contributed by atoms with van der Waals surface area (Å²) in [6.45, 7) is 1.95. The van der Waals surface area contributed by atoms with Gasteiger partial charge in [-0.1, -0.05) is 43.2 Å². The van der Waals surface area contributed by atoms with Gasteiger partial charge in [0.25, 0.3) is 10.0 Å². The van der Waals surface area contributed by atoms with Crippen molar-refractivity contribution < 1.29 is 32.2 Å². The molecule has 0 spiro atoms. The van der Waals surface area contributed by atoms with Gasteiger partial charge in [0, 0.05) is 18.7 Å². The molecule has 1 fully saturated rings. The number of benzene rings is 3. The van der Waals surface area contributed by atoms with Gasteiger partial charge in [0.05, 0.1) is 17.7 Å². The van der Waals surface area contributed by atoms with Crippen molar-refractivity contribution in [3.63, 3.8) is 0 Å². The fourth-order valence-corrected chi connectivity index (χ4v) is 6.76. The molecule has 0 aromatic heterocycles. The molecule has 1 heterocycles. The first-order valence-corrected chi connectivity index (χ1v) is 15.9. The van der Waals surface area contributed by atoms with E-state index in [1.165, 1.54) is 17.0 Å². The molecule has 1 atom stereocenters. The summed E-state index contributed by atoms with van der Waals surface area (Å²) >= 11 is 0. The third-order valence-electron chi connectivity index (χ3n) is 7.80. The van der Waals surface area contributed by atoms with Crippen molar-refractivity contribution in [2.45, 2.75) is 56.1 Å². The summed E-state index contributed by atoms with van der Waals surface area (Å²) in [5, 5.41) is 3.08. The number of ether oxygens (including phenoxy) is 3. The minimum atomic E-state index is -4.18. The lowest BCUT2D eigenvalue weighted by Crippen LogP contribution is -2.52. The molecule has 1 unspecified atom stereocenters. The van der Waals surface area contributed by atoms with Crippen LogP contribution in [0, 0.1) is 0 Å². The lowest BCUT2D eigenvalue weighted by molar-refractivity contribution is -0.139. The van der Waals surface area contributed by atoms with Gasteiger partial charge in [-0.25, -0.2) is 8.42 Å². The summed E-state index contributed by atoms with van der Waals surface area (Å²) in [6.07, 6.45) is 3.90.